The zero-order chi connectivity index (χ0) is 11.1. The summed E-state index contributed by atoms with van der Waals surface area (Å²) in [6.45, 7) is 7.92. The molecule has 2 nitrogen and oxygen atoms in total. The Labute approximate surface area is 86.4 Å². The highest BCUT2D eigenvalue weighted by Crippen LogP contribution is 2.18. The monoisotopic (exact) mass is 190 g/mol. The molecule has 0 saturated carbocycles. The Morgan fingerprint density at radius 1 is 1.21 bits per heavy atom. The van der Waals surface area contributed by atoms with Crippen molar-refractivity contribution in [2.75, 3.05) is 5.73 Å². The quantitative estimate of drug-likeness (QED) is 0.692. The Bertz CT molecular complexity index is 312. The fourth-order valence-corrected chi connectivity index (χ4v) is 1.26. The van der Waals surface area contributed by atoms with Crippen molar-refractivity contribution in [1.82, 2.24) is 0 Å². The van der Waals surface area contributed by atoms with Gasteiger partial charge in [0.25, 0.3) is 0 Å². The van der Waals surface area contributed by atoms with E-state index in [2.05, 4.69) is 6.07 Å². The number of aryl methyl sites for hydroxylation is 2. The Balaban J connectivity index is 0.000000791. The molecule has 2 heteroatoms. The number of nitrogens with zero attached hydrogens (tertiary/aromatic N) is 1. The highest BCUT2D eigenvalue weighted by Gasteiger charge is 2.00. The molecule has 0 unspecified atom stereocenters. The summed E-state index contributed by atoms with van der Waals surface area (Å²) in [6, 6.07) is 6.04. The lowest BCUT2D eigenvalue weighted by atomic mass is 10.0. The van der Waals surface area contributed by atoms with Crippen LogP contribution in [0.5, 0.6) is 0 Å². The van der Waals surface area contributed by atoms with Gasteiger partial charge in [-0.3, -0.25) is 0 Å². The molecule has 0 aliphatic carbocycles. The van der Waals surface area contributed by atoms with Crippen molar-refractivity contribution in [3.8, 4) is 6.07 Å². The maximum atomic E-state index is 8.49. The zero-order valence-corrected chi connectivity index (χ0v) is 9.39. The molecular weight excluding hydrogens is 172 g/mol. The smallest absolute Gasteiger partial charge is 0.0669 e. The van der Waals surface area contributed by atoms with E-state index in [-0.39, 0.29) is 0 Å². The molecule has 1 aromatic rings. The first-order chi connectivity index (χ1) is 6.65. The van der Waals surface area contributed by atoms with Gasteiger partial charge in [0, 0.05) is 5.69 Å². The first-order valence-corrected chi connectivity index (χ1v) is 4.87. The summed E-state index contributed by atoms with van der Waals surface area (Å²) in [5.74, 6) is 0. The van der Waals surface area contributed by atoms with E-state index in [1.54, 1.807) is 0 Å². The van der Waals surface area contributed by atoms with Crippen molar-refractivity contribution in [2.24, 2.45) is 0 Å². The fourth-order valence-electron chi connectivity index (χ4n) is 1.26. The molecule has 0 aromatic heterocycles. The first-order valence-electron chi connectivity index (χ1n) is 4.87. The second-order valence-corrected chi connectivity index (χ2v) is 2.98. The lowest BCUT2D eigenvalue weighted by molar-refractivity contribution is 1.23. The van der Waals surface area contributed by atoms with Crippen LogP contribution in [0.3, 0.4) is 0 Å². The van der Waals surface area contributed by atoms with Crippen molar-refractivity contribution in [1.29, 1.82) is 5.26 Å². The lowest BCUT2D eigenvalue weighted by Crippen LogP contribution is -1.95. The molecule has 0 radical (unpaired) electrons. The molecule has 2 N–H and O–H groups in total. The standard InChI is InChI=1S/C10H12N2.C2H6/c1-7-5-9(3-4-11)6-8(2)10(7)12;1-2/h5-6H,3,12H2,1-2H3;1-2H3. The minimum absolute atomic E-state index is 0.460. The summed E-state index contributed by atoms with van der Waals surface area (Å²) in [5, 5.41) is 8.49. The average Bonchev–Trinajstić information content (AvgIpc) is 2.18. The number of hydrogen-bond donors (Lipinski definition) is 1. The summed E-state index contributed by atoms with van der Waals surface area (Å²) in [6.07, 6.45) is 0.460. The Morgan fingerprint density at radius 2 is 1.64 bits per heavy atom. The van der Waals surface area contributed by atoms with E-state index in [0.717, 1.165) is 22.4 Å². The molecule has 0 spiro atoms. The Kier molecular flexibility index (Phi) is 5.40. The van der Waals surface area contributed by atoms with E-state index in [1.165, 1.54) is 0 Å². The third-order valence-corrected chi connectivity index (χ3v) is 1.94. The van der Waals surface area contributed by atoms with Crippen LogP contribution in [0.1, 0.15) is 30.5 Å². The molecule has 1 rings (SSSR count). The van der Waals surface area contributed by atoms with Crippen LogP contribution < -0.4 is 5.73 Å². The molecule has 0 saturated heterocycles. The summed E-state index contributed by atoms with van der Waals surface area (Å²) in [4.78, 5) is 0. The van der Waals surface area contributed by atoms with Crippen LogP contribution in [-0.2, 0) is 6.42 Å². The second-order valence-electron chi connectivity index (χ2n) is 2.98. The number of nitrogen functional groups attached to an aromatic ring is 1. The van der Waals surface area contributed by atoms with Gasteiger partial charge in [0.1, 0.15) is 0 Å². The van der Waals surface area contributed by atoms with Crippen molar-refractivity contribution in [3.05, 3.63) is 28.8 Å². The number of hydrogen-bond acceptors (Lipinski definition) is 2. The summed E-state index contributed by atoms with van der Waals surface area (Å²) < 4.78 is 0. The van der Waals surface area contributed by atoms with E-state index >= 15 is 0 Å². The molecule has 0 amide bonds. The van der Waals surface area contributed by atoms with E-state index in [0.29, 0.717) is 6.42 Å². The maximum Gasteiger partial charge on any atom is 0.0669 e. The molecule has 0 aliphatic rings. The van der Waals surface area contributed by atoms with Gasteiger partial charge in [-0.25, -0.2) is 0 Å². The molecule has 0 fully saturated rings. The highest BCUT2D eigenvalue weighted by atomic mass is 14.6. The molecule has 0 bridgehead atoms. The fraction of sp³-hybridized carbons (Fsp3) is 0.417. The highest BCUT2D eigenvalue weighted by molar-refractivity contribution is 5.54. The third kappa shape index (κ3) is 3.10. The van der Waals surface area contributed by atoms with Gasteiger partial charge in [-0.1, -0.05) is 26.0 Å². The number of anilines is 1. The van der Waals surface area contributed by atoms with Crippen molar-refractivity contribution in [3.63, 3.8) is 0 Å². The van der Waals surface area contributed by atoms with Crippen LogP contribution in [-0.4, -0.2) is 0 Å². The molecule has 14 heavy (non-hydrogen) atoms. The van der Waals surface area contributed by atoms with Crippen molar-refractivity contribution >= 4 is 5.69 Å². The number of nitrogens with two attached hydrogens (primary N) is 1. The average molecular weight is 190 g/mol. The topological polar surface area (TPSA) is 49.8 Å². The molecular formula is C12H18N2. The van der Waals surface area contributed by atoms with E-state index in [9.17, 15) is 0 Å². The van der Waals surface area contributed by atoms with E-state index in [1.807, 2.05) is 39.8 Å². The van der Waals surface area contributed by atoms with Gasteiger partial charge in [-0.2, -0.15) is 5.26 Å². The number of benzene rings is 1. The van der Waals surface area contributed by atoms with Crippen molar-refractivity contribution in [2.45, 2.75) is 34.1 Å². The molecule has 0 heterocycles. The van der Waals surface area contributed by atoms with Crippen LogP contribution in [0.4, 0.5) is 5.69 Å². The summed E-state index contributed by atoms with van der Waals surface area (Å²) in [7, 11) is 0. The molecule has 76 valence electrons. The summed E-state index contributed by atoms with van der Waals surface area (Å²) in [5.41, 5.74) is 9.75. The molecule has 0 aliphatic heterocycles. The van der Waals surface area contributed by atoms with E-state index < -0.39 is 0 Å². The predicted molar refractivity (Wildman–Crippen MR) is 61.0 cm³/mol. The molecule has 1 aromatic carbocycles. The Morgan fingerprint density at radius 3 is 2.00 bits per heavy atom. The SMILES string of the molecule is CC.Cc1cc(CC#N)cc(C)c1N. The van der Waals surface area contributed by atoms with Gasteiger partial charge < -0.3 is 5.73 Å². The van der Waals surface area contributed by atoms with Gasteiger partial charge in [0.15, 0.2) is 0 Å². The first kappa shape index (κ1) is 12.5. The number of rotatable bonds is 1. The van der Waals surface area contributed by atoms with Crippen LogP contribution in [0.15, 0.2) is 12.1 Å². The van der Waals surface area contributed by atoms with Gasteiger partial charge >= 0.3 is 0 Å². The zero-order valence-electron chi connectivity index (χ0n) is 9.39. The largest absolute Gasteiger partial charge is 0.398 e. The van der Waals surface area contributed by atoms with Gasteiger partial charge in [-0.05, 0) is 30.5 Å². The van der Waals surface area contributed by atoms with Crippen molar-refractivity contribution < 1.29 is 0 Å². The van der Waals surface area contributed by atoms with E-state index in [4.69, 9.17) is 11.0 Å². The van der Waals surface area contributed by atoms with Crippen LogP contribution in [0, 0.1) is 25.2 Å². The predicted octanol–water partition coefficient (Wildman–Crippen LogP) is 2.98. The lowest BCUT2D eigenvalue weighted by Gasteiger charge is -2.05. The summed E-state index contributed by atoms with van der Waals surface area (Å²) >= 11 is 0. The molecule has 0 atom stereocenters. The third-order valence-electron chi connectivity index (χ3n) is 1.94. The van der Waals surface area contributed by atoms with Crippen LogP contribution >= 0.6 is 0 Å². The van der Waals surface area contributed by atoms with Gasteiger partial charge in [0.2, 0.25) is 0 Å². The number of nitriles is 1. The minimum atomic E-state index is 0.460. The van der Waals surface area contributed by atoms with Crippen LogP contribution in [0.2, 0.25) is 0 Å². The van der Waals surface area contributed by atoms with Gasteiger partial charge in [-0.15, -0.1) is 0 Å². The minimum Gasteiger partial charge on any atom is -0.398 e. The van der Waals surface area contributed by atoms with Crippen LogP contribution in [0.25, 0.3) is 0 Å². The normalized spacial score (nSPS) is 8.50. The van der Waals surface area contributed by atoms with Gasteiger partial charge in [0.05, 0.1) is 12.5 Å². The second kappa shape index (κ2) is 6.04. The Hall–Kier alpha value is -1.49. The maximum absolute atomic E-state index is 8.49.